The van der Waals surface area contributed by atoms with Gasteiger partial charge in [0.2, 0.25) is 0 Å². The summed E-state index contributed by atoms with van der Waals surface area (Å²) in [5.41, 5.74) is 2.59. The van der Waals surface area contributed by atoms with Crippen molar-refractivity contribution in [1.29, 1.82) is 0 Å². The molecule has 0 saturated carbocycles. The fourth-order valence-corrected chi connectivity index (χ4v) is 3.07. The number of nitrogens with zero attached hydrogens (tertiary/aromatic N) is 1. The zero-order valence-corrected chi connectivity index (χ0v) is 15.4. The molecule has 2 aromatic rings. The van der Waals surface area contributed by atoms with Crippen LogP contribution >= 0.6 is 27.5 Å². The second kappa shape index (κ2) is 8.01. The Labute approximate surface area is 154 Å². The van der Waals surface area contributed by atoms with Gasteiger partial charge in [-0.05, 0) is 35.9 Å². The number of hydrogen-bond acceptors (Lipinski definition) is 3. The highest BCUT2D eigenvalue weighted by Gasteiger charge is 2.20. The number of carbonyl (C=O) groups excluding carboxylic acids is 1. The monoisotopic (exact) mass is 408 g/mol. The summed E-state index contributed by atoms with van der Waals surface area (Å²) in [7, 11) is 0. The van der Waals surface area contributed by atoms with Gasteiger partial charge >= 0.3 is 0 Å². The maximum atomic E-state index is 12.5. The fourth-order valence-electron chi connectivity index (χ4n) is 2.54. The van der Waals surface area contributed by atoms with Gasteiger partial charge in [-0.2, -0.15) is 0 Å². The van der Waals surface area contributed by atoms with Crippen molar-refractivity contribution in [3.8, 4) is 0 Å². The third kappa shape index (κ3) is 4.29. The van der Waals surface area contributed by atoms with Crippen molar-refractivity contribution in [3.63, 3.8) is 0 Å². The predicted molar refractivity (Wildman–Crippen MR) is 99.6 cm³/mol. The number of halogens is 2. The number of carbonyl (C=O) groups is 1. The number of hydrogen-bond donors (Lipinski definition) is 1. The van der Waals surface area contributed by atoms with Gasteiger partial charge in [-0.1, -0.05) is 39.7 Å². The van der Waals surface area contributed by atoms with Crippen LogP contribution in [0.3, 0.4) is 0 Å². The van der Waals surface area contributed by atoms with Gasteiger partial charge in [-0.3, -0.25) is 4.79 Å². The normalized spacial score (nSPS) is 14.5. The molecule has 1 aliphatic heterocycles. The Balaban J connectivity index is 1.65. The van der Waals surface area contributed by atoms with Gasteiger partial charge in [0.1, 0.15) is 0 Å². The van der Waals surface area contributed by atoms with Crippen LogP contribution in [0.2, 0.25) is 5.02 Å². The highest BCUT2D eigenvalue weighted by molar-refractivity contribution is 9.10. The van der Waals surface area contributed by atoms with Gasteiger partial charge in [0.15, 0.2) is 0 Å². The van der Waals surface area contributed by atoms with Crippen molar-refractivity contribution in [1.82, 2.24) is 4.90 Å². The standard InChI is InChI=1S/C18H18BrClN2O2/c19-14-3-1-13(2-4-14)12-21-15-5-6-16(17(20)11-15)18(23)22-7-9-24-10-8-22/h1-6,11,21H,7-10,12H2. The first-order chi connectivity index (χ1) is 11.6. The smallest absolute Gasteiger partial charge is 0.255 e. The molecule has 0 radical (unpaired) electrons. The Morgan fingerprint density at radius 2 is 1.88 bits per heavy atom. The second-order valence-electron chi connectivity index (χ2n) is 5.58. The van der Waals surface area contributed by atoms with Crippen molar-refractivity contribution in [2.75, 3.05) is 31.6 Å². The molecule has 6 heteroatoms. The van der Waals surface area contributed by atoms with Crippen LogP contribution in [-0.4, -0.2) is 37.1 Å². The first-order valence-electron chi connectivity index (χ1n) is 7.78. The molecule has 0 bridgehead atoms. The van der Waals surface area contributed by atoms with Crippen molar-refractivity contribution in [2.45, 2.75) is 6.54 Å². The van der Waals surface area contributed by atoms with Gasteiger partial charge in [0, 0.05) is 29.8 Å². The average Bonchev–Trinajstić information content (AvgIpc) is 2.61. The van der Waals surface area contributed by atoms with E-state index in [-0.39, 0.29) is 5.91 Å². The van der Waals surface area contributed by atoms with Gasteiger partial charge in [0.25, 0.3) is 5.91 Å². The molecular formula is C18H18BrClN2O2. The summed E-state index contributed by atoms with van der Waals surface area (Å²) in [6.45, 7) is 3.07. The molecule has 0 spiro atoms. The minimum atomic E-state index is -0.0391. The lowest BCUT2D eigenvalue weighted by Crippen LogP contribution is -2.40. The number of morpholine rings is 1. The van der Waals surface area contributed by atoms with E-state index >= 15 is 0 Å². The van der Waals surface area contributed by atoms with E-state index in [0.717, 1.165) is 10.2 Å². The summed E-state index contributed by atoms with van der Waals surface area (Å²) in [4.78, 5) is 14.3. The molecule has 1 fully saturated rings. The number of rotatable bonds is 4. The van der Waals surface area contributed by atoms with E-state index in [4.69, 9.17) is 16.3 Å². The summed E-state index contributed by atoms with van der Waals surface area (Å²) in [6, 6.07) is 13.6. The molecule has 0 aliphatic carbocycles. The van der Waals surface area contributed by atoms with Crippen LogP contribution in [0.4, 0.5) is 5.69 Å². The quantitative estimate of drug-likeness (QED) is 0.823. The molecule has 1 saturated heterocycles. The molecule has 0 unspecified atom stereocenters. The number of amides is 1. The molecule has 2 aromatic carbocycles. The Bertz CT molecular complexity index is 715. The Morgan fingerprint density at radius 1 is 1.17 bits per heavy atom. The summed E-state index contributed by atoms with van der Waals surface area (Å²) in [5, 5.41) is 3.79. The second-order valence-corrected chi connectivity index (χ2v) is 6.90. The van der Waals surface area contributed by atoms with E-state index in [9.17, 15) is 4.79 Å². The molecule has 1 N–H and O–H groups in total. The Kier molecular flexibility index (Phi) is 5.76. The zero-order chi connectivity index (χ0) is 16.9. The molecule has 126 valence electrons. The minimum absolute atomic E-state index is 0.0391. The van der Waals surface area contributed by atoms with Crippen LogP contribution in [-0.2, 0) is 11.3 Å². The van der Waals surface area contributed by atoms with Crippen molar-refractivity contribution in [2.24, 2.45) is 0 Å². The SMILES string of the molecule is O=C(c1ccc(NCc2ccc(Br)cc2)cc1Cl)N1CCOCC1. The van der Waals surface area contributed by atoms with Crippen molar-refractivity contribution < 1.29 is 9.53 Å². The van der Waals surface area contributed by atoms with Gasteiger partial charge in [-0.25, -0.2) is 0 Å². The number of benzene rings is 2. The van der Waals surface area contributed by atoms with Crippen LogP contribution in [0.1, 0.15) is 15.9 Å². The maximum Gasteiger partial charge on any atom is 0.255 e. The van der Waals surface area contributed by atoms with E-state index in [1.54, 1.807) is 17.0 Å². The molecule has 1 heterocycles. The Hall–Kier alpha value is -1.56. The lowest BCUT2D eigenvalue weighted by atomic mass is 10.1. The fraction of sp³-hybridized carbons (Fsp3) is 0.278. The van der Waals surface area contributed by atoms with Gasteiger partial charge in [-0.15, -0.1) is 0 Å². The first-order valence-corrected chi connectivity index (χ1v) is 8.95. The zero-order valence-electron chi connectivity index (χ0n) is 13.1. The van der Waals surface area contributed by atoms with Gasteiger partial charge in [0.05, 0.1) is 23.8 Å². The lowest BCUT2D eigenvalue weighted by Gasteiger charge is -2.27. The predicted octanol–water partition coefficient (Wildman–Crippen LogP) is 4.19. The van der Waals surface area contributed by atoms with Crippen LogP contribution in [0.15, 0.2) is 46.9 Å². The summed E-state index contributed by atoms with van der Waals surface area (Å²) < 4.78 is 6.33. The van der Waals surface area contributed by atoms with Crippen LogP contribution < -0.4 is 5.32 Å². The van der Waals surface area contributed by atoms with Crippen LogP contribution in [0.25, 0.3) is 0 Å². The lowest BCUT2D eigenvalue weighted by molar-refractivity contribution is 0.0303. The molecule has 1 aliphatic rings. The summed E-state index contributed by atoms with van der Waals surface area (Å²) in [5.74, 6) is -0.0391. The molecule has 0 atom stereocenters. The molecule has 24 heavy (non-hydrogen) atoms. The number of ether oxygens (including phenoxy) is 1. The first kappa shape index (κ1) is 17.3. The topological polar surface area (TPSA) is 41.6 Å². The molecule has 0 aromatic heterocycles. The minimum Gasteiger partial charge on any atom is -0.381 e. The third-order valence-electron chi connectivity index (χ3n) is 3.91. The highest BCUT2D eigenvalue weighted by atomic mass is 79.9. The van der Waals surface area contributed by atoms with Gasteiger partial charge < -0.3 is 15.0 Å². The summed E-state index contributed by atoms with van der Waals surface area (Å²) in [6.07, 6.45) is 0. The molecule has 3 rings (SSSR count). The van der Waals surface area contributed by atoms with Crippen molar-refractivity contribution in [3.05, 3.63) is 63.1 Å². The highest BCUT2D eigenvalue weighted by Crippen LogP contribution is 2.23. The summed E-state index contributed by atoms with van der Waals surface area (Å²) >= 11 is 9.74. The average molecular weight is 410 g/mol. The van der Waals surface area contributed by atoms with Crippen LogP contribution in [0, 0.1) is 0 Å². The number of anilines is 1. The molecular weight excluding hydrogens is 392 g/mol. The number of nitrogens with one attached hydrogen (secondary N) is 1. The molecule has 1 amide bonds. The van der Waals surface area contributed by atoms with E-state index < -0.39 is 0 Å². The maximum absolute atomic E-state index is 12.5. The van der Waals surface area contributed by atoms with E-state index in [0.29, 0.717) is 43.4 Å². The largest absolute Gasteiger partial charge is 0.381 e. The third-order valence-corrected chi connectivity index (χ3v) is 4.75. The van der Waals surface area contributed by atoms with E-state index in [2.05, 4.69) is 33.4 Å². The molecule has 4 nitrogen and oxygen atoms in total. The van der Waals surface area contributed by atoms with E-state index in [1.807, 2.05) is 18.2 Å². The van der Waals surface area contributed by atoms with Crippen LogP contribution in [0.5, 0.6) is 0 Å². The van der Waals surface area contributed by atoms with E-state index in [1.165, 1.54) is 5.56 Å². The Morgan fingerprint density at radius 3 is 2.54 bits per heavy atom. The van der Waals surface area contributed by atoms with Crippen molar-refractivity contribution >= 4 is 39.1 Å².